The Hall–Kier alpha value is -1.96. The van der Waals surface area contributed by atoms with Gasteiger partial charge in [0.2, 0.25) is 5.91 Å². The standard InChI is InChI=1S/C16H20N2O5S/c1-2-23-11(19)6-10-7-24-16(17-10)18-14(20)12-8-3-4-9(5-8)13(12)15(21)22/h7-9,12-13H,2-6H2,1H3,(H,21,22)(H,17,18,20)/t8-,9-,12+,13-/m0/s1. The third-order valence-corrected chi connectivity index (χ3v) is 5.72. The van der Waals surface area contributed by atoms with Crippen LogP contribution in [0.1, 0.15) is 31.9 Å². The molecule has 2 saturated carbocycles. The van der Waals surface area contributed by atoms with Gasteiger partial charge in [-0.1, -0.05) is 0 Å². The molecule has 7 nitrogen and oxygen atoms in total. The lowest BCUT2D eigenvalue weighted by Crippen LogP contribution is -2.37. The van der Waals surface area contributed by atoms with Gasteiger partial charge in [0.15, 0.2) is 5.13 Å². The number of esters is 1. The Morgan fingerprint density at radius 1 is 1.33 bits per heavy atom. The molecule has 2 bridgehead atoms. The Bertz CT molecular complexity index is 659. The van der Waals surface area contributed by atoms with Crippen molar-refractivity contribution in [3.63, 3.8) is 0 Å². The topological polar surface area (TPSA) is 106 Å². The average Bonchev–Trinajstić information content (AvgIpc) is 3.22. The van der Waals surface area contributed by atoms with Crippen LogP contribution in [0.3, 0.4) is 0 Å². The smallest absolute Gasteiger partial charge is 0.311 e. The van der Waals surface area contributed by atoms with Crippen LogP contribution in [0.2, 0.25) is 0 Å². The van der Waals surface area contributed by atoms with Gasteiger partial charge in [-0.2, -0.15) is 0 Å². The number of nitrogens with one attached hydrogen (secondary N) is 1. The number of ether oxygens (including phenoxy) is 1. The number of aromatic nitrogens is 1. The minimum atomic E-state index is -0.885. The molecule has 1 aromatic heterocycles. The first kappa shape index (κ1) is 16.9. The fourth-order valence-electron chi connectivity index (χ4n) is 4.02. The summed E-state index contributed by atoms with van der Waals surface area (Å²) < 4.78 is 4.86. The number of nitrogens with zero attached hydrogens (tertiary/aromatic N) is 1. The van der Waals surface area contributed by atoms with Gasteiger partial charge in [-0.25, -0.2) is 4.98 Å². The number of rotatable bonds is 6. The van der Waals surface area contributed by atoms with Gasteiger partial charge in [0, 0.05) is 5.38 Å². The summed E-state index contributed by atoms with van der Waals surface area (Å²) in [6.07, 6.45) is 2.69. The zero-order chi connectivity index (χ0) is 17.3. The molecule has 0 spiro atoms. The molecule has 0 unspecified atom stereocenters. The fourth-order valence-corrected chi connectivity index (χ4v) is 4.73. The van der Waals surface area contributed by atoms with Crippen molar-refractivity contribution in [3.8, 4) is 0 Å². The molecule has 8 heteroatoms. The maximum absolute atomic E-state index is 12.6. The molecule has 4 atom stereocenters. The van der Waals surface area contributed by atoms with Crippen LogP contribution in [0.25, 0.3) is 0 Å². The van der Waals surface area contributed by atoms with Gasteiger partial charge in [0.05, 0.1) is 30.6 Å². The van der Waals surface area contributed by atoms with Gasteiger partial charge in [-0.05, 0) is 38.0 Å². The number of aliphatic carboxylic acids is 1. The minimum Gasteiger partial charge on any atom is -0.481 e. The largest absolute Gasteiger partial charge is 0.481 e. The first-order valence-corrected chi connectivity index (χ1v) is 9.01. The van der Waals surface area contributed by atoms with E-state index >= 15 is 0 Å². The third-order valence-electron chi connectivity index (χ3n) is 4.92. The Morgan fingerprint density at radius 3 is 2.71 bits per heavy atom. The molecule has 2 fully saturated rings. The first-order chi connectivity index (χ1) is 11.5. The molecule has 2 aliphatic carbocycles. The number of hydrogen-bond acceptors (Lipinski definition) is 6. The molecule has 1 aromatic rings. The van der Waals surface area contributed by atoms with Crippen molar-refractivity contribution in [1.82, 2.24) is 4.98 Å². The van der Waals surface area contributed by atoms with Crippen LogP contribution >= 0.6 is 11.3 Å². The van der Waals surface area contributed by atoms with Crippen LogP contribution in [0.4, 0.5) is 5.13 Å². The van der Waals surface area contributed by atoms with E-state index in [0.29, 0.717) is 17.4 Å². The van der Waals surface area contributed by atoms with E-state index in [2.05, 4.69) is 10.3 Å². The van der Waals surface area contributed by atoms with E-state index in [-0.39, 0.29) is 30.1 Å². The van der Waals surface area contributed by atoms with Crippen molar-refractivity contribution in [2.45, 2.75) is 32.6 Å². The van der Waals surface area contributed by atoms with E-state index < -0.39 is 17.8 Å². The van der Waals surface area contributed by atoms with Gasteiger partial charge in [0.25, 0.3) is 0 Å². The predicted octanol–water partition coefficient (Wildman–Crippen LogP) is 1.93. The summed E-state index contributed by atoms with van der Waals surface area (Å²) in [5, 5.41) is 14.3. The van der Waals surface area contributed by atoms with E-state index in [9.17, 15) is 19.5 Å². The van der Waals surface area contributed by atoms with Crippen LogP contribution in [0.5, 0.6) is 0 Å². The first-order valence-electron chi connectivity index (χ1n) is 8.13. The van der Waals surface area contributed by atoms with Crippen molar-refractivity contribution >= 4 is 34.3 Å². The summed E-state index contributed by atoms with van der Waals surface area (Å²) in [6.45, 7) is 2.05. The van der Waals surface area contributed by atoms with E-state index in [4.69, 9.17) is 4.74 Å². The molecule has 1 heterocycles. The number of anilines is 1. The second kappa shape index (κ2) is 6.88. The Morgan fingerprint density at radius 2 is 2.04 bits per heavy atom. The summed E-state index contributed by atoms with van der Waals surface area (Å²) in [5.41, 5.74) is 0.538. The zero-order valence-corrected chi connectivity index (χ0v) is 14.2. The Labute approximate surface area is 143 Å². The van der Waals surface area contributed by atoms with E-state index in [1.54, 1.807) is 12.3 Å². The molecule has 2 N–H and O–H groups in total. The Kier molecular flexibility index (Phi) is 4.84. The van der Waals surface area contributed by atoms with E-state index in [1.807, 2.05) is 0 Å². The second-order valence-corrected chi connectivity index (χ2v) is 7.20. The molecule has 1 amide bonds. The molecular weight excluding hydrogens is 332 g/mol. The maximum Gasteiger partial charge on any atom is 0.311 e. The molecule has 130 valence electrons. The number of carbonyl (C=O) groups is 3. The average molecular weight is 352 g/mol. The lowest BCUT2D eigenvalue weighted by atomic mass is 9.79. The van der Waals surface area contributed by atoms with Gasteiger partial charge in [-0.15, -0.1) is 11.3 Å². The van der Waals surface area contributed by atoms with Gasteiger partial charge in [0.1, 0.15) is 0 Å². The minimum absolute atomic E-state index is 0.0616. The van der Waals surface area contributed by atoms with Crippen molar-refractivity contribution < 1.29 is 24.2 Å². The van der Waals surface area contributed by atoms with E-state index in [1.165, 1.54) is 11.3 Å². The van der Waals surface area contributed by atoms with Crippen LogP contribution in [-0.4, -0.2) is 34.5 Å². The number of thiazole rings is 1. The summed E-state index contributed by atoms with van der Waals surface area (Å²) >= 11 is 1.23. The van der Waals surface area contributed by atoms with Gasteiger partial charge >= 0.3 is 11.9 Å². The number of carboxylic acids is 1. The molecule has 24 heavy (non-hydrogen) atoms. The fraction of sp³-hybridized carbons (Fsp3) is 0.625. The molecule has 3 rings (SSSR count). The Balaban J connectivity index is 1.64. The van der Waals surface area contributed by atoms with Crippen LogP contribution in [0, 0.1) is 23.7 Å². The van der Waals surface area contributed by atoms with Gasteiger partial charge < -0.3 is 15.2 Å². The number of fused-ring (bicyclic) bond motifs is 2. The predicted molar refractivity (Wildman–Crippen MR) is 86.5 cm³/mol. The molecule has 0 aliphatic heterocycles. The van der Waals surface area contributed by atoms with Crippen molar-refractivity contribution in [1.29, 1.82) is 0 Å². The lowest BCUT2D eigenvalue weighted by Gasteiger charge is -2.26. The summed E-state index contributed by atoms with van der Waals surface area (Å²) in [5.74, 6) is -2.34. The number of hydrogen-bond donors (Lipinski definition) is 2. The highest BCUT2D eigenvalue weighted by atomic mass is 32.1. The van der Waals surface area contributed by atoms with Crippen molar-refractivity contribution in [2.75, 3.05) is 11.9 Å². The number of amides is 1. The summed E-state index contributed by atoms with van der Waals surface area (Å²) in [7, 11) is 0. The normalized spacial score (nSPS) is 27.9. The monoisotopic (exact) mass is 352 g/mol. The lowest BCUT2D eigenvalue weighted by molar-refractivity contribution is -0.148. The molecular formula is C16H20N2O5S. The zero-order valence-electron chi connectivity index (χ0n) is 13.4. The van der Waals surface area contributed by atoms with Crippen molar-refractivity contribution in [2.24, 2.45) is 23.7 Å². The van der Waals surface area contributed by atoms with Gasteiger partial charge in [-0.3, -0.25) is 14.4 Å². The van der Waals surface area contributed by atoms with Crippen LogP contribution in [0.15, 0.2) is 5.38 Å². The molecule has 0 aromatic carbocycles. The maximum atomic E-state index is 12.6. The highest BCUT2D eigenvalue weighted by Crippen LogP contribution is 2.52. The highest BCUT2D eigenvalue weighted by molar-refractivity contribution is 7.13. The van der Waals surface area contributed by atoms with E-state index in [0.717, 1.165) is 19.3 Å². The number of carbonyl (C=O) groups excluding carboxylic acids is 2. The van der Waals surface area contributed by atoms with Crippen molar-refractivity contribution in [3.05, 3.63) is 11.1 Å². The summed E-state index contributed by atoms with van der Waals surface area (Å²) in [6, 6.07) is 0. The van der Waals surface area contributed by atoms with Crippen LogP contribution < -0.4 is 5.32 Å². The quantitative estimate of drug-likeness (QED) is 0.758. The SMILES string of the molecule is CCOC(=O)Cc1csc(NC(=O)[C@@H]2[C@H]3CC[C@@H](C3)[C@@H]2C(=O)O)n1. The highest BCUT2D eigenvalue weighted by Gasteiger charge is 2.54. The summed E-state index contributed by atoms with van der Waals surface area (Å²) in [4.78, 5) is 39.7. The number of carboxylic acid groups (broad SMARTS) is 1. The molecule has 2 aliphatic rings. The molecule has 0 saturated heterocycles. The second-order valence-electron chi connectivity index (χ2n) is 6.34. The van der Waals surface area contributed by atoms with Crippen LogP contribution in [-0.2, 0) is 25.5 Å². The third kappa shape index (κ3) is 3.28. The molecule has 0 radical (unpaired) electrons.